The van der Waals surface area contributed by atoms with Gasteiger partial charge in [-0.1, -0.05) is 29.8 Å². The van der Waals surface area contributed by atoms with Crippen LogP contribution in [0.5, 0.6) is 0 Å². The van der Waals surface area contributed by atoms with Crippen LogP contribution in [-0.4, -0.2) is 13.1 Å². The third-order valence-electron chi connectivity index (χ3n) is 1.40. The zero-order chi connectivity index (χ0) is 9.52. The van der Waals surface area contributed by atoms with E-state index in [-0.39, 0.29) is 6.61 Å². The summed E-state index contributed by atoms with van der Waals surface area (Å²) in [5, 5.41) is 0.685. The highest BCUT2D eigenvalue weighted by Gasteiger charge is 1.87. The normalized spacial score (nSPS) is 10.2. The van der Waals surface area contributed by atoms with E-state index in [0.717, 1.165) is 5.56 Å². The second-order valence-corrected chi connectivity index (χ2v) is 2.79. The Morgan fingerprint density at radius 1 is 1.54 bits per heavy atom. The smallest absolute Gasteiger partial charge is 0.417 e. The van der Waals surface area contributed by atoms with Crippen molar-refractivity contribution in [3.05, 3.63) is 40.9 Å². The Morgan fingerprint density at radius 2 is 2.38 bits per heavy atom. The van der Waals surface area contributed by atoms with Crippen LogP contribution in [0.2, 0.25) is 5.02 Å². The minimum Gasteiger partial charge on any atom is -0.453 e. The molecule has 13 heavy (non-hydrogen) atoms. The number of ether oxygens (including phenoxy) is 1. The maximum Gasteiger partial charge on any atom is 0.417 e. The lowest BCUT2D eigenvalue weighted by atomic mass is 10.2. The molecule has 0 unspecified atom stereocenters. The average Bonchev–Trinajstić information content (AvgIpc) is 2.13. The van der Waals surface area contributed by atoms with Crippen LogP contribution in [0.15, 0.2) is 30.3 Å². The lowest BCUT2D eigenvalue weighted by Gasteiger charge is -1.93. The number of rotatable bonds is 4. The van der Waals surface area contributed by atoms with Gasteiger partial charge in [-0.15, -0.1) is 0 Å². The number of carbonyl (C=O) groups excluding carboxylic acids is 1. The summed E-state index contributed by atoms with van der Waals surface area (Å²) in [6.07, 6.45) is 3.54. The summed E-state index contributed by atoms with van der Waals surface area (Å²) in [6.45, 7) is 1.57. The van der Waals surface area contributed by atoms with Gasteiger partial charge in [0.15, 0.2) is 0 Å². The number of halogens is 1. The minimum atomic E-state index is 0.232. The van der Waals surface area contributed by atoms with Crippen molar-refractivity contribution in [1.29, 1.82) is 0 Å². The van der Waals surface area contributed by atoms with Gasteiger partial charge in [0.2, 0.25) is 0 Å². The van der Waals surface area contributed by atoms with Crippen LogP contribution in [0.1, 0.15) is 5.56 Å². The highest BCUT2D eigenvalue weighted by molar-refractivity contribution is 6.30. The van der Waals surface area contributed by atoms with Crippen LogP contribution in [0.3, 0.4) is 0 Å². The highest BCUT2D eigenvalue weighted by atomic mass is 35.5. The summed E-state index contributed by atoms with van der Waals surface area (Å²) in [5.74, 6) is 0. The molecule has 0 saturated carbocycles. The SMILES string of the molecule is O=[C]OCC=Cc1cccc(Cl)c1. The van der Waals surface area contributed by atoms with Crippen LogP contribution < -0.4 is 0 Å². The Labute approximate surface area is 81.8 Å². The third kappa shape index (κ3) is 3.76. The average molecular weight is 196 g/mol. The standard InChI is InChI=1S/C10H8ClO2/c11-10-5-1-3-9(7-10)4-2-6-13-8-12/h1-5,7H,6H2. The van der Waals surface area contributed by atoms with E-state index in [1.165, 1.54) is 6.47 Å². The van der Waals surface area contributed by atoms with Crippen LogP contribution in [-0.2, 0) is 9.53 Å². The molecule has 1 aromatic carbocycles. The largest absolute Gasteiger partial charge is 0.453 e. The van der Waals surface area contributed by atoms with Gasteiger partial charge in [-0.3, -0.25) is 0 Å². The molecule has 0 amide bonds. The van der Waals surface area contributed by atoms with Crippen molar-refractivity contribution >= 4 is 24.1 Å². The molecule has 0 N–H and O–H groups in total. The Bertz CT molecular complexity index is 308. The molecule has 0 aliphatic rings. The zero-order valence-corrected chi connectivity index (χ0v) is 7.62. The summed E-state index contributed by atoms with van der Waals surface area (Å²) < 4.78 is 4.36. The maximum absolute atomic E-state index is 9.67. The molecule has 3 heteroatoms. The molecule has 0 saturated heterocycles. The van der Waals surface area contributed by atoms with E-state index in [0.29, 0.717) is 5.02 Å². The van der Waals surface area contributed by atoms with Gasteiger partial charge in [-0.05, 0) is 23.8 Å². The first kappa shape index (κ1) is 9.81. The Hall–Kier alpha value is -1.28. The summed E-state index contributed by atoms with van der Waals surface area (Å²) >= 11 is 5.76. The molecule has 0 aromatic heterocycles. The van der Waals surface area contributed by atoms with Crippen molar-refractivity contribution in [2.24, 2.45) is 0 Å². The second kappa shape index (κ2) is 5.38. The highest BCUT2D eigenvalue weighted by Crippen LogP contribution is 2.11. The van der Waals surface area contributed by atoms with E-state index < -0.39 is 0 Å². The first-order chi connectivity index (χ1) is 6.33. The van der Waals surface area contributed by atoms with Crippen LogP contribution in [0, 0.1) is 0 Å². The molecule has 0 heterocycles. The van der Waals surface area contributed by atoms with Gasteiger partial charge < -0.3 is 4.74 Å². The monoisotopic (exact) mass is 195 g/mol. The molecule has 1 radical (unpaired) electrons. The van der Waals surface area contributed by atoms with Crippen LogP contribution >= 0.6 is 11.6 Å². The summed E-state index contributed by atoms with van der Waals surface area (Å²) in [7, 11) is 0. The van der Waals surface area contributed by atoms with E-state index in [2.05, 4.69) is 4.74 Å². The quantitative estimate of drug-likeness (QED) is 0.690. The van der Waals surface area contributed by atoms with E-state index in [1.54, 1.807) is 12.1 Å². The molecule has 0 fully saturated rings. The van der Waals surface area contributed by atoms with Crippen molar-refractivity contribution in [2.45, 2.75) is 0 Å². The molecular weight excluding hydrogens is 188 g/mol. The molecular formula is C10H8ClO2. The first-order valence-corrected chi connectivity index (χ1v) is 4.12. The van der Waals surface area contributed by atoms with Crippen molar-refractivity contribution in [3.8, 4) is 0 Å². The van der Waals surface area contributed by atoms with Gasteiger partial charge in [0.1, 0.15) is 6.61 Å². The van der Waals surface area contributed by atoms with Gasteiger partial charge in [0.05, 0.1) is 0 Å². The van der Waals surface area contributed by atoms with Gasteiger partial charge in [-0.25, -0.2) is 4.79 Å². The molecule has 2 nitrogen and oxygen atoms in total. The number of benzene rings is 1. The number of hydrogen-bond donors (Lipinski definition) is 0. The minimum absolute atomic E-state index is 0.232. The van der Waals surface area contributed by atoms with Gasteiger partial charge in [0.25, 0.3) is 0 Å². The molecule has 0 aliphatic heterocycles. The molecule has 67 valence electrons. The van der Waals surface area contributed by atoms with Gasteiger partial charge >= 0.3 is 6.47 Å². The molecule has 0 atom stereocenters. The van der Waals surface area contributed by atoms with Gasteiger partial charge in [-0.2, -0.15) is 0 Å². The van der Waals surface area contributed by atoms with Crippen molar-refractivity contribution in [3.63, 3.8) is 0 Å². The fourth-order valence-electron chi connectivity index (χ4n) is 0.877. The van der Waals surface area contributed by atoms with Crippen molar-refractivity contribution in [1.82, 2.24) is 0 Å². The topological polar surface area (TPSA) is 26.3 Å². The second-order valence-electron chi connectivity index (χ2n) is 2.35. The zero-order valence-electron chi connectivity index (χ0n) is 6.87. The van der Waals surface area contributed by atoms with Gasteiger partial charge in [0, 0.05) is 5.02 Å². The van der Waals surface area contributed by atoms with Crippen molar-refractivity contribution < 1.29 is 9.53 Å². The predicted molar refractivity (Wildman–Crippen MR) is 52.1 cm³/mol. The van der Waals surface area contributed by atoms with E-state index in [4.69, 9.17) is 11.6 Å². The summed E-state index contributed by atoms with van der Waals surface area (Å²) in [4.78, 5) is 9.67. The van der Waals surface area contributed by atoms with E-state index >= 15 is 0 Å². The lowest BCUT2D eigenvalue weighted by molar-refractivity contribution is 0.314. The molecule has 0 aliphatic carbocycles. The fraction of sp³-hybridized carbons (Fsp3) is 0.100. The predicted octanol–water partition coefficient (Wildman–Crippen LogP) is 2.44. The number of hydrogen-bond acceptors (Lipinski definition) is 2. The van der Waals surface area contributed by atoms with Crippen LogP contribution in [0.4, 0.5) is 0 Å². The molecule has 1 aromatic rings. The maximum atomic E-state index is 9.67. The first-order valence-electron chi connectivity index (χ1n) is 3.74. The third-order valence-corrected chi connectivity index (χ3v) is 1.63. The molecule has 1 rings (SSSR count). The Morgan fingerprint density at radius 3 is 3.08 bits per heavy atom. The summed E-state index contributed by atoms with van der Waals surface area (Å²) in [5.41, 5.74) is 0.974. The van der Waals surface area contributed by atoms with Crippen LogP contribution in [0.25, 0.3) is 6.08 Å². The molecule has 0 bridgehead atoms. The molecule has 0 spiro atoms. The Kier molecular flexibility index (Phi) is 4.06. The Balaban J connectivity index is 2.53. The van der Waals surface area contributed by atoms with Crippen molar-refractivity contribution in [2.75, 3.05) is 6.61 Å². The lowest BCUT2D eigenvalue weighted by Crippen LogP contribution is -1.84. The van der Waals surface area contributed by atoms with E-state index in [1.807, 2.05) is 24.3 Å². The summed E-state index contributed by atoms with van der Waals surface area (Å²) in [6, 6.07) is 7.39. The van der Waals surface area contributed by atoms with E-state index in [9.17, 15) is 4.79 Å². The fourth-order valence-corrected chi connectivity index (χ4v) is 1.08.